The van der Waals surface area contributed by atoms with E-state index in [2.05, 4.69) is 6.07 Å². The van der Waals surface area contributed by atoms with Gasteiger partial charge in [-0.1, -0.05) is 23.7 Å². The van der Waals surface area contributed by atoms with Crippen molar-refractivity contribution in [2.75, 3.05) is 19.7 Å². The highest BCUT2D eigenvalue weighted by molar-refractivity contribution is 6.30. The SMILES string of the molecule is O=C([C@@H]1C[C@H]1c1cccc(Cl)c1)N1CCC(CCO)CC1. The number of aliphatic hydroxyl groups is 1. The molecule has 2 fully saturated rings. The van der Waals surface area contributed by atoms with Gasteiger partial charge in [-0.15, -0.1) is 0 Å². The lowest BCUT2D eigenvalue weighted by atomic mass is 9.93. The minimum absolute atomic E-state index is 0.151. The fraction of sp³-hybridized carbons (Fsp3) is 0.588. The fourth-order valence-electron chi connectivity index (χ4n) is 3.43. The second-order valence-electron chi connectivity index (χ2n) is 6.28. The molecule has 0 bridgehead atoms. The average molecular weight is 308 g/mol. The van der Waals surface area contributed by atoms with Crippen molar-refractivity contribution in [3.8, 4) is 0 Å². The van der Waals surface area contributed by atoms with Crippen molar-refractivity contribution in [3.05, 3.63) is 34.9 Å². The highest BCUT2D eigenvalue weighted by atomic mass is 35.5. The van der Waals surface area contributed by atoms with Gasteiger partial charge in [0.05, 0.1) is 0 Å². The summed E-state index contributed by atoms with van der Waals surface area (Å²) < 4.78 is 0. The molecule has 114 valence electrons. The number of hydrogen-bond acceptors (Lipinski definition) is 2. The first-order valence-electron chi connectivity index (χ1n) is 7.84. The average Bonchev–Trinajstić information content (AvgIpc) is 3.28. The molecule has 3 nitrogen and oxygen atoms in total. The molecule has 0 unspecified atom stereocenters. The van der Waals surface area contributed by atoms with Crippen LogP contribution in [0, 0.1) is 11.8 Å². The Kier molecular flexibility index (Phi) is 4.51. The first kappa shape index (κ1) is 14.9. The van der Waals surface area contributed by atoms with Crippen molar-refractivity contribution >= 4 is 17.5 Å². The number of hydrogen-bond donors (Lipinski definition) is 1. The van der Waals surface area contributed by atoms with Crippen molar-refractivity contribution in [3.63, 3.8) is 0 Å². The Morgan fingerprint density at radius 2 is 2.10 bits per heavy atom. The topological polar surface area (TPSA) is 40.5 Å². The van der Waals surface area contributed by atoms with Crippen LogP contribution in [0.1, 0.15) is 37.2 Å². The summed E-state index contributed by atoms with van der Waals surface area (Å²) in [5, 5.41) is 9.73. The zero-order valence-electron chi connectivity index (χ0n) is 12.2. The Bertz CT molecular complexity index is 511. The number of halogens is 1. The van der Waals surface area contributed by atoms with E-state index in [-0.39, 0.29) is 12.5 Å². The maximum Gasteiger partial charge on any atom is 0.226 e. The predicted molar refractivity (Wildman–Crippen MR) is 83.3 cm³/mol. The van der Waals surface area contributed by atoms with E-state index in [0.717, 1.165) is 43.8 Å². The molecule has 3 rings (SSSR count). The van der Waals surface area contributed by atoms with Gasteiger partial charge in [0.1, 0.15) is 0 Å². The van der Waals surface area contributed by atoms with Crippen LogP contribution in [0.4, 0.5) is 0 Å². The van der Waals surface area contributed by atoms with Crippen LogP contribution < -0.4 is 0 Å². The van der Waals surface area contributed by atoms with E-state index >= 15 is 0 Å². The molecule has 1 saturated heterocycles. The van der Waals surface area contributed by atoms with Crippen LogP contribution in [-0.4, -0.2) is 35.6 Å². The number of carbonyl (C=O) groups is 1. The van der Waals surface area contributed by atoms with Gasteiger partial charge >= 0.3 is 0 Å². The van der Waals surface area contributed by atoms with E-state index in [9.17, 15) is 4.79 Å². The zero-order chi connectivity index (χ0) is 14.8. The largest absolute Gasteiger partial charge is 0.396 e. The minimum atomic E-state index is 0.151. The van der Waals surface area contributed by atoms with E-state index in [1.54, 1.807) is 0 Å². The predicted octanol–water partition coefficient (Wildman–Crippen LogP) is 3.06. The number of amides is 1. The number of piperidine rings is 1. The van der Waals surface area contributed by atoms with E-state index in [1.807, 2.05) is 23.1 Å². The number of aliphatic hydroxyl groups excluding tert-OH is 1. The van der Waals surface area contributed by atoms with Crippen LogP contribution >= 0.6 is 11.6 Å². The first-order valence-corrected chi connectivity index (χ1v) is 8.22. The summed E-state index contributed by atoms with van der Waals surface area (Å²) in [5.41, 5.74) is 1.19. The van der Waals surface area contributed by atoms with Crippen molar-refractivity contribution in [2.45, 2.75) is 31.6 Å². The van der Waals surface area contributed by atoms with Crippen molar-refractivity contribution in [2.24, 2.45) is 11.8 Å². The van der Waals surface area contributed by atoms with Crippen LogP contribution in [0.15, 0.2) is 24.3 Å². The van der Waals surface area contributed by atoms with Crippen LogP contribution in [-0.2, 0) is 4.79 Å². The summed E-state index contributed by atoms with van der Waals surface area (Å²) >= 11 is 6.02. The van der Waals surface area contributed by atoms with Crippen LogP contribution in [0.25, 0.3) is 0 Å². The zero-order valence-corrected chi connectivity index (χ0v) is 12.9. The molecular formula is C17H22ClNO2. The van der Waals surface area contributed by atoms with Crippen LogP contribution in [0.5, 0.6) is 0 Å². The van der Waals surface area contributed by atoms with Gasteiger partial charge < -0.3 is 10.0 Å². The summed E-state index contributed by atoms with van der Waals surface area (Å²) in [6, 6.07) is 7.87. The summed E-state index contributed by atoms with van der Waals surface area (Å²) in [6.07, 6.45) is 3.88. The lowest BCUT2D eigenvalue weighted by Crippen LogP contribution is -2.39. The minimum Gasteiger partial charge on any atom is -0.396 e. The summed E-state index contributed by atoms with van der Waals surface area (Å²) in [5.74, 6) is 1.40. The fourth-order valence-corrected chi connectivity index (χ4v) is 3.63. The standard InChI is InChI=1S/C17H22ClNO2/c18-14-3-1-2-13(10-14)15-11-16(15)17(21)19-7-4-12(5-8-19)6-9-20/h1-3,10,12,15-16,20H,4-9,11H2/t15-,16+/m0/s1. The molecule has 1 aliphatic carbocycles. The molecule has 0 radical (unpaired) electrons. The molecule has 1 aromatic rings. The molecule has 21 heavy (non-hydrogen) atoms. The third-order valence-corrected chi connectivity index (χ3v) is 5.08. The second-order valence-corrected chi connectivity index (χ2v) is 6.72. The van der Waals surface area contributed by atoms with Gasteiger partial charge in [0.2, 0.25) is 5.91 Å². The number of carbonyl (C=O) groups excluding carboxylic acids is 1. The van der Waals surface area contributed by atoms with E-state index < -0.39 is 0 Å². The van der Waals surface area contributed by atoms with Gasteiger partial charge in [0, 0.05) is 30.6 Å². The van der Waals surface area contributed by atoms with Gasteiger partial charge in [-0.05, 0) is 55.2 Å². The van der Waals surface area contributed by atoms with Gasteiger partial charge in [-0.25, -0.2) is 0 Å². The Morgan fingerprint density at radius 1 is 1.33 bits per heavy atom. The Morgan fingerprint density at radius 3 is 2.76 bits per heavy atom. The number of benzene rings is 1. The molecular weight excluding hydrogens is 286 g/mol. The smallest absolute Gasteiger partial charge is 0.226 e. The maximum absolute atomic E-state index is 12.5. The first-order chi connectivity index (χ1) is 10.2. The molecule has 1 heterocycles. The molecule has 2 atom stereocenters. The monoisotopic (exact) mass is 307 g/mol. The van der Waals surface area contributed by atoms with Gasteiger partial charge in [0.15, 0.2) is 0 Å². The molecule has 2 aliphatic rings. The van der Waals surface area contributed by atoms with Crippen molar-refractivity contribution in [1.29, 1.82) is 0 Å². The highest BCUT2D eigenvalue weighted by Gasteiger charge is 2.46. The van der Waals surface area contributed by atoms with Crippen molar-refractivity contribution < 1.29 is 9.90 Å². The summed E-state index contributed by atoms with van der Waals surface area (Å²) in [4.78, 5) is 14.6. The van der Waals surface area contributed by atoms with E-state index in [0.29, 0.717) is 17.7 Å². The molecule has 0 aromatic heterocycles. The summed E-state index contributed by atoms with van der Waals surface area (Å²) in [7, 11) is 0. The Balaban J connectivity index is 1.54. The molecule has 1 amide bonds. The van der Waals surface area contributed by atoms with Crippen molar-refractivity contribution in [1.82, 2.24) is 4.90 Å². The molecule has 1 aliphatic heterocycles. The van der Waals surface area contributed by atoms with E-state index in [1.165, 1.54) is 5.56 Å². The highest BCUT2D eigenvalue weighted by Crippen LogP contribution is 2.49. The molecule has 1 N–H and O–H groups in total. The lowest BCUT2D eigenvalue weighted by molar-refractivity contribution is -0.134. The number of rotatable bonds is 4. The maximum atomic E-state index is 12.5. The molecule has 1 aromatic carbocycles. The number of likely N-dealkylation sites (tertiary alicyclic amines) is 1. The molecule has 1 saturated carbocycles. The van der Waals surface area contributed by atoms with Gasteiger partial charge in [0.25, 0.3) is 0 Å². The van der Waals surface area contributed by atoms with Gasteiger partial charge in [-0.2, -0.15) is 0 Å². The quantitative estimate of drug-likeness (QED) is 0.928. The van der Waals surface area contributed by atoms with Crippen LogP contribution in [0.2, 0.25) is 5.02 Å². The summed E-state index contributed by atoms with van der Waals surface area (Å²) in [6.45, 7) is 1.96. The number of nitrogens with zero attached hydrogens (tertiary/aromatic N) is 1. The third kappa shape index (κ3) is 3.41. The lowest BCUT2D eigenvalue weighted by Gasteiger charge is -2.32. The third-order valence-electron chi connectivity index (χ3n) is 4.85. The second kappa shape index (κ2) is 6.37. The van der Waals surface area contributed by atoms with E-state index in [4.69, 9.17) is 16.7 Å². The normalized spacial score (nSPS) is 25.9. The Hall–Kier alpha value is -1.06. The molecule has 0 spiro atoms. The Labute approximate surface area is 130 Å². The van der Waals surface area contributed by atoms with Gasteiger partial charge in [-0.3, -0.25) is 4.79 Å². The van der Waals surface area contributed by atoms with Crippen LogP contribution in [0.3, 0.4) is 0 Å². The molecule has 4 heteroatoms.